The highest BCUT2D eigenvalue weighted by molar-refractivity contribution is 7.86. The summed E-state index contributed by atoms with van der Waals surface area (Å²) in [6.45, 7) is 1.84. The number of H-pyrrole nitrogens is 1. The molecule has 3 N–H and O–H groups in total. The van der Waals surface area contributed by atoms with E-state index in [4.69, 9.17) is 9.92 Å². The first-order valence-corrected chi connectivity index (χ1v) is 8.64. The Balaban J connectivity index is 2.00. The van der Waals surface area contributed by atoms with Crippen LogP contribution in [0.1, 0.15) is 17.2 Å². The number of nitrogens with one attached hydrogen (secondary N) is 1. The maximum absolute atomic E-state index is 12.4. The monoisotopic (exact) mass is 344 g/mol. The first kappa shape index (κ1) is 16.2. The van der Waals surface area contributed by atoms with Gasteiger partial charge in [-0.25, -0.2) is 4.18 Å². The molecule has 1 atom stereocenters. The second-order valence-electron chi connectivity index (χ2n) is 5.44. The summed E-state index contributed by atoms with van der Waals surface area (Å²) in [7, 11) is -4.13. The molecule has 1 unspecified atom stereocenters. The summed E-state index contributed by atoms with van der Waals surface area (Å²) in [5, 5.41) is 0.681. The topological polar surface area (TPSA) is 102 Å². The Labute approximate surface area is 139 Å². The highest BCUT2D eigenvalue weighted by Crippen LogP contribution is 2.29. The molecule has 6 nitrogen and oxygen atoms in total. The number of nitrogens with two attached hydrogens (primary N) is 1. The van der Waals surface area contributed by atoms with Crippen molar-refractivity contribution >= 4 is 26.9 Å². The molecule has 0 aliphatic heterocycles. The van der Waals surface area contributed by atoms with Gasteiger partial charge in [-0.1, -0.05) is 35.9 Å². The standard InChI is InChI=1S/C17H16N2O4S/c1-11-6-8-12(9-7-11)24(21,22)23-16(17(18)20)14-10-19-15-5-3-2-4-13(14)15/h2-10,16,19H,1H3,(H2,18,20). The van der Waals surface area contributed by atoms with Gasteiger partial charge in [0, 0.05) is 22.7 Å². The number of benzene rings is 2. The van der Waals surface area contributed by atoms with E-state index in [1.54, 1.807) is 24.3 Å². The van der Waals surface area contributed by atoms with Crippen molar-refractivity contribution in [2.24, 2.45) is 5.73 Å². The average Bonchev–Trinajstić information content (AvgIpc) is 2.96. The summed E-state index contributed by atoms with van der Waals surface area (Å²) in [6, 6.07) is 13.3. The van der Waals surface area contributed by atoms with Crippen molar-refractivity contribution in [2.45, 2.75) is 17.9 Å². The normalized spacial score (nSPS) is 13.0. The average molecular weight is 344 g/mol. The summed E-state index contributed by atoms with van der Waals surface area (Å²) in [4.78, 5) is 14.8. The molecule has 1 amide bonds. The van der Waals surface area contributed by atoms with Crippen molar-refractivity contribution in [3.05, 3.63) is 65.9 Å². The zero-order valence-electron chi connectivity index (χ0n) is 12.9. The first-order valence-electron chi connectivity index (χ1n) is 7.24. The van der Waals surface area contributed by atoms with E-state index in [0.29, 0.717) is 10.9 Å². The third kappa shape index (κ3) is 3.04. The lowest BCUT2D eigenvalue weighted by Gasteiger charge is -2.14. The molecular formula is C17H16N2O4S. The van der Waals surface area contributed by atoms with E-state index in [1.165, 1.54) is 18.3 Å². The molecule has 1 aromatic heterocycles. The number of aryl methyl sites for hydroxylation is 1. The number of aromatic nitrogens is 1. The zero-order valence-corrected chi connectivity index (χ0v) is 13.7. The minimum Gasteiger partial charge on any atom is -0.367 e. The number of fused-ring (bicyclic) bond motifs is 1. The number of carbonyl (C=O) groups excluding carboxylic acids is 1. The molecule has 0 saturated carbocycles. The van der Waals surface area contributed by atoms with Crippen molar-refractivity contribution in [1.29, 1.82) is 0 Å². The molecule has 2 aromatic carbocycles. The molecule has 0 aliphatic carbocycles. The summed E-state index contributed by atoms with van der Waals surface area (Å²) < 4.78 is 30.1. The van der Waals surface area contributed by atoms with Crippen LogP contribution in [0.15, 0.2) is 59.6 Å². The fourth-order valence-electron chi connectivity index (χ4n) is 2.45. The van der Waals surface area contributed by atoms with Crippen LogP contribution in [-0.4, -0.2) is 19.3 Å². The molecule has 0 saturated heterocycles. The van der Waals surface area contributed by atoms with Crippen LogP contribution in [0.3, 0.4) is 0 Å². The van der Waals surface area contributed by atoms with Crippen molar-refractivity contribution in [1.82, 2.24) is 4.98 Å². The quantitative estimate of drug-likeness (QED) is 0.694. The summed E-state index contributed by atoms with van der Waals surface area (Å²) in [5.74, 6) is -0.879. The number of aromatic amines is 1. The van der Waals surface area contributed by atoms with Gasteiger partial charge in [-0.05, 0) is 25.1 Å². The van der Waals surface area contributed by atoms with Gasteiger partial charge in [0.2, 0.25) is 0 Å². The van der Waals surface area contributed by atoms with E-state index in [0.717, 1.165) is 11.1 Å². The van der Waals surface area contributed by atoms with Crippen molar-refractivity contribution in [3.8, 4) is 0 Å². The molecular weight excluding hydrogens is 328 g/mol. The van der Waals surface area contributed by atoms with E-state index >= 15 is 0 Å². The molecule has 124 valence electrons. The van der Waals surface area contributed by atoms with E-state index in [2.05, 4.69) is 4.98 Å². The molecule has 0 fully saturated rings. The highest BCUT2D eigenvalue weighted by atomic mass is 32.2. The maximum Gasteiger partial charge on any atom is 0.298 e. The van der Waals surface area contributed by atoms with Crippen LogP contribution in [0.2, 0.25) is 0 Å². The Morgan fingerprint density at radius 3 is 2.46 bits per heavy atom. The van der Waals surface area contributed by atoms with E-state index < -0.39 is 22.1 Å². The molecule has 0 radical (unpaired) electrons. The fourth-order valence-corrected chi connectivity index (χ4v) is 3.48. The molecule has 7 heteroatoms. The molecule has 3 rings (SSSR count). The van der Waals surface area contributed by atoms with Crippen LogP contribution in [-0.2, 0) is 19.1 Å². The number of amides is 1. The SMILES string of the molecule is Cc1ccc(S(=O)(=O)OC(C(N)=O)c2c[nH]c3ccccc23)cc1. The Bertz CT molecular complexity index is 991. The number of rotatable bonds is 5. The minimum absolute atomic E-state index is 0.0285. The fraction of sp³-hybridized carbons (Fsp3) is 0.118. The second-order valence-corrected chi connectivity index (χ2v) is 7.01. The smallest absolute Gasteiger partial charge is 0.298 e. The lowest BCUT2D eigenvalue weighted by molar-refractivity contribution is -0.124. The Hall–Kier alpha value is -2.64. The van der Waals surface area contributed by atoms with Gasteiger partial charge in [-0.3, -0.25) is 4.79 Å². The highest BCUT2D eigenvalue weighted by Gasteiger charge is 2.29. The van der Waals surface area contributed by atoms with Gasteiger partial charge in [0.15, 0.2) is 6.10 Å². The van der Waals surface area contributed by atoms with E-state index in [1.807, 2.05) is 19.1 Å². The van der Waals surface area contributed by atoms with E-state index in [9.17, 15) is 13.2 Å². The largest absolute Gasteiger partial charge is 0.367 e. The van der Waals surface area contributed by atoms with Crippen molar-refractivity contribution in [2.75, 3.05) is 0 Å². The zero-order chi connectivity index (χ0) is 17.3. The molecule has 0 aliphatic rings. The predicted octanol–water partition coefficient (Wildman–Crippen LogP) is 2.41. The first-order chi connectivity index (χ1) is 11.4. The van der Waals surface area contributed by atoms with Gasteiger partial charge in [0.25, 0.3) is 16.0 Å². The van der Waals surface area contributed by atoms with Gasteiger partial charge in [0.05, 0.1) is 4.90 Å². The number of para-hydroxylation sites is 1. The van der Waals surface area contributed by atoms with Crippen LogP contribution >= 0.6 is 0 Å². The van der Waals surface area contributed by atoms with Crippen LogP contribution < -0.4 is 5.73 Å². The number of hydrogen-bond acceptors (Lipinski definition) is 4. The van der Waals surface area contributed by atoms with Crippen molar-refractivity contribution in [3.63, 3.8) is 0 Å². The van der Waals surface area contributed by atoms with Gasteiger partial charge < -0.3 is 10.7 Å². The number of primary amides is 1. The summed E-state index contributed by atoms with van der Waals surface area (Å²) >= 11 is 0. The molecule has 0 spiro atoms. The maximum atomic E-state index is 12.4. The number of hydrogen-bond donors (Lipinski definition) is 2. The Morgan fingerprint density at radius 1 is 1.12 bits per heavy atom. The van der Waals surface area contributed by atoms with Gasteiger partial charge >= 0.3 is 0 Å². The second kappa shape index (κ2) is 6.10. The predicted molar refractivity (Wildman–Crippen MR) is 89.7 cm³/mol. The number of carbonyl (C=O) groups is 1. The molecule has 3 aromatic rings. The summed E-state index contributed by atoms with van der Waals surface area (Å²) in [5.41, 5.74) is 7.44. The molecule has 1 heterocycles. The third-order valence-electron chi connectivity index (χ3n) is 3.69. The van der Waals surface area contributed by atoms with Gasteiger partial charge in [0.1, 0.15) is 0 Å². The molecule has 0 bridgehead atoms. The van der Waals surface area contributed by atoms with Crippen LogP contribution in [0.5, 0.6) is 0 Å². The van der Waals surface area contributed by atoms with Gasteiger partial charge in [-0.2, -0.15) is 8.42 Å². The minimum atomic E-state index is -4.13. The Kier molecular flexibility index (Phi) is 4.13. The van der Waals surface area contributed by atoms with Crippen LogP contribution in [0, 0.1) is 6.92 Å². The Morgan fingerprint density at radius 2 is 1.79 bits per heavy atom. The third-order valence-corrected chi connectivity index (χ3v) is 4.99. The van der Waals surface area contributed by atoms with Crippen LogP contribution in [0.4, 0.5) is 0 Å². The lowest BCUT2D eigenvalue weighted by Crippen LogP contribution is -2.26. The lowest BCUT2D eigenvalue weighted by atomic mass is 10.1. The van der Waals surface area contributed by atoms with Crippen molar-refractivity contribution < 1.29 is 17.4 Å². The van der Waals surface area contributed by atoms with Crippen LogP contribution in [0.25, 0.3) is 10.9 Å². The summed E-state index contributed by atoms with van der Waals surface area (Å²) in [6.07, 6.45) is 0.123. The van der Waals surface area contributed by atoms with Gasteiger partial charge in [-0.15, -0.1) is 0 Å². The molecule has 24 heavy (non-hydrogen) atoms. The van der Waals surface area contributed by atoms with E-state index in [-0.39, 0.29) is 4.90 Å².